The SMILES string of the molecule is CCOc1ccc(C(=O)NCC(C2CCOC2)N2CCOCC2)cc1OC. The van der Waals surface area contributed by atoms with Crippen LogP contribution in [0.2, 0.25) is 0 Å². The number of hydrogen-bond acceptors (Lipinski definition) is 6. The lowest BCUT2D eigenvalue weighted by Gasteiger charge is -2.37. The van der Waals surface area contributed by atoms with Crippen molar-refractivity contribution in [1.82, 2.24) is 10.2 Å². The van der Waals surface area contributed by atoms with Gasteiger partial charge in [-0.25, -0.2) is 0 Å². The number of methoxy groups -OCH3 is 1. The average molecular weight is 378 g/mol. The van der Waals surface area contributed by atoms with Crippen LogP contribution < -0.4 is 14.8 Å². The van der Waals surface area contributed by atoms with Gasteiger partial charge in [0.1, 0.15) is 0 Å². The molecule has 0 aromatic heterocycles. The molecule has 2 aliphatic heterocycles. The summed E-state index contributed by atoms with van der Waals surface area (Å²) < 4.78 is 21.9. The first kappa shape index (κ1) is 19.9. The van der Waals surface area contributed by atoms with Crippen LogP contribution >= 0.6 is 0 Å². The number of nitrogens with one attached hydrogen (secondary N) is 1. The molecule has 2 atom stereocenters. The van der Waals surface area contributed by atoms with Gasteiger partial charge in [0.15, 0.2) is 11.5 Å². The number of morpholine rings is 1. The van der Waals surface area contributed by atoms with E-state index in [1.54, 1.807) is 25.3 Å². The van der Waals surface area contributed by atoms with E-state index in [2.05, 4.69) is 10.2 Å². The highest BCUT2D eigenvalue weighted by atomic mass is 16.5. The molecular weight excluding hydrogens is 348 g/mol. The molecule has 1 amide bonds. The quantitative estimate of drug-likeness (QED) is 0.740. The van der Waals surface area contributed by atoms with E-state index in [0.717, 1.165) is 45.9 Å². The Hall–Kier alpha value is -1.83. The van der Waals surface area contributed by atoms with E-state index in [4.69, 9.17) is 18.9 Å². The molecule has 0 radical (unpaired) electrons. The number of hydrogen-bond donors (Lipinski definition) is 1. The zero-order valence-corrected chi connectivity index (χ0v) is 16.2. The molecule has 2 fully saturated rings. The maximum Gasteiger partial charge on any atom is 0.251 e. The largest absolute Gasteiger partial charge is 0.493 e. The zero-order valence-electron chi connectivity index (χ0n) is 16.2. The van der Waals surface area contributed by atoms with Gasteiger partial charge in [-0.15, -0.1) is 0 Å². The van der Waals surface area contributed by atoms with Crippen LogP contribution in [0.25, 0.3) is 0 Å². The maximum atomic E-state index is 12.7. The molecular formula is C20H30N2O5. The lowest BCUT2D eigenvalue weighted by atomic mass is 9.96. The molecule has 0 aliphatic carbocycles. The molecule has 0 bridgehead atoms. The summed E-state index contributed by atoms with van der Waals surface area (Å²) >= 11 is 0. The first-order chi connectivity index (χ1) is 13.2. The second-order valence-corrected chi connectivity index (χ2v) is 6.85. The number of carbonyl (C=O) groups excluding carboxylic acids is 1. The van der Waals surface area contributed by atoms with Crippen LogP contribution in [-0.4, -0.2) is 76.6 Å². The van der Waals surface area contributed by atoms with Crippen molar-refractivity contribution in [1.29, 1.82) is 0 Å². The molecule has 3 rings (SSSR count). The van der Waals surface area contributed by atoms with E-state index in [9.17, 15) is 4.79 Å². The van der Waals surface area contributed by atoms with E-state index >= 15 is 0 Å². The summed E-state index contributed by atoms with van der Waals surface area (Å²) in [6, 6.07) is 5.54. The van der Waals surface area contributed by atoms with Gasteiger partial charge < -0.3 is 24.3 Å². The molecule has 1 aromatic carbocycles. The predicted molar refractivity (Wildman–Crippen MR) is 102 cm³/mol. The molecule has 27 heavy (non-hydrogen) atoms. The third kappa shape index (κ3) is 5.12. The molecule has 1 N–H and O–H groups in total. The van der Waals surface area contributed by atoms with E-state index in [1.165, 1.54) is 0 Å². The average Bonchev–Trinajstić information content (AvgIpc) is 3.24. The van der Waals surface area contributed by atoms with Gasteiger partial charge in [0, 0.05) is 43.8 Å². The van der Waals surface area contributed by atoms with Crippen LogP contribution in [0.4, 0.5) is 0 Å². The topological polar surface area (TPSA) is 69.3 Å². The molecule has 2 unspecified atom stereocenters. The van der Waals surface area contributed by atoms with Gasteiger partial charge in [-0.05, 0) is 31.5 Å². The summed E-state index contributed by atoms with van der Waals surface area (Å²) in [5, 5.41) is 3.10. The minimum absolute atomic E-state index is 0.103. The number of benzene rings is 1. The van der Waals surface area contributed by atoms with Crippen LogP contribution in [0.1, 0.15) is 23.7 Å². The summed E-state index contributed by atoms with van der Waals surface area (Å²) in [5.74, 6) is 1.55. The standard InChI is InChI=1S/C20H30N2O5/c1-3-27-18-5-4-15(12-19(18)24-2)20(23)21-13-17(16-6-9-26-14-16)22-7-10-25-11-8-22/h4-5,12,16-17H,3,6-11,13-14H2,1-2H3,(H,21,23). The number of ether oxygens (including phenoxy) is 4. The van der Waals surface area contributed by atoms with Crippen LogP contribution in [0.15, 0.2) is 18.2 Å². The third-order valence-electron chi connectivity index (χ3n) is 5.22. The van der Waals surface area contributed by atoms with Crippen LogP contribution in [0.5, 0.6) is 11.5 Å². The Morgan fingerprint density at radius 1 is 1.26 bits per heavy atom. The van der Waals surface area contributed by atoms with Crippen molar-refractivity contribution >= 4 is 5.91 Å². The normalized spacial score (nSPS) is 21.6. The lowest BCUT2D eigenvalue weighted by molar-refractivity contribution is 0.00166. The van der Waals surface area contributed by atoms with E-state index in [1.807, 2.05) is 6.92 Å². The summed E-state index contributed by atoms with van der Waals surface area (Å²) in [5.41, 5.74) is 0.568. The smallest absolute Gasteiger partial charge is 0.251 e. The summed E-state index contributed by atoms with van der Waals surface area (Å²) in [6.07, 6.45) is 1.04. The van der Waals surface area contributed by atoms with Crippen molar-refractivity contribution in [2.24, 2.45) is 5.92 Å². The molecule has 2 heterocycles. The first-order valence-electron chi connectivity index (χ1n) is 9.71. The summed E-state index contributed by atoms with van der Waals surface area (Å²) in [4.78, 5) is 15.1. The van der Waals surface area contributed by atoms with Crippen LogP contribution in [0, 0.1) is 5.92 Å². The Balaban J connectivity index is 1.64. The van der Waals surface area contributed by atoms with Crippen molar-refractivity contribution in [3.8, 4) is 11.5 Å². The second kappa shape index (κ2) is 9.92. The van der Waals surface area contributed by atoms with Gasteiger partial charge >= 0.3 is 0 Å². The lowest BCUT2D eigenvalue weighted by Crippen LogP contribution is -2.52. The van der Waals surface area contributed by atoms with Crippen LogP contribution in [-0.2, 0) is 9.47 Å². The highest BCUT2D eigenvalue weighted by Crippen LogP contribution is 2.28. The Kier molecular flexibility index (Phi) is 7.32. The van der Waals surface area contributed by atoms with Crippen LogP contribution in [0.3, 0.4) is 0 Å². The molecule has 2 aliphatic rings. The fourth-order valence-electron chi connectivity index (χ4n) is 3.74. The maximum absolute atomic E-state index is 12.7. The summed E-state index contributed by atoms with van der Waals surface area (Å²) in [7, 11) is 1.58. The van der Waals surface area contributed by atoms with Crippen molar-refractivity contribution in [2.75, 3.05) is 59.8 Å². The number of amides is 1. The minimum Gasteiger partial charge on any atom is -0.493 e. The van der Waals surface area contributed by atoms with E-state index in [-0.39, 0.29) is 11.9 Å². The molecule has 0 spiro atoms. The molecule has 1 aromatic rings. The third-order valence-corrected chi connectivity index (χ3v) is 5.22. The van der Waals surface area contributed by atoms with Crippen molar-refractivity contribution < 1.29 is 23.7 Å². The Morgan fingerprint density at radius 2 is 2.07 bits per heavy atom. The van der Waals surface area contributed by atoms with Gasteiger partial charge in [0.05, 0.1) is 33.5 Å². The van der Waals surface area contributed by atoms with Gasteiger partial charge in [-0.2, -0.15) is 0 Å². The number of nitrogens with zero attached hydrogens (tertiary/aromatic N) is 1. The van der Waals surface area contributed by atoms with Gasteiger partial charge in [0.25, 0.3) is 5.91 Å². The van der Waals surface area contributed by atoms with Gasteiger partial charge in [-0.3, -0.25) is 9.69 Å². The Morgan fingerprint density at radius 3 is 2.74 bits per heavy atom. The highest BCUT2D eigenvalue weighted by Gasteiger charge is 2.31. The van der Waals surface area contributed by atoms with Crippen molar-refractivity contribution in [3.05, 3.63) is 23.8 Å². The highest BCUT2D eigenvalue weighted by molar-refractivity contribution is 5.94. The van der Waals surface area contributed by atoms with Gasteiger partial charge in [-0.1, -0.05) is 0 Å². The van der Waals surface area contributed by atoms with Gasteiger partial charge in [0.2, 0.25) is 0 Å². The van der Waals surface area contributed by atoms with E-state index in [0.29, 0.717) is 36.1 Å². The van der Waals surface area contributed by atoms with Crippen molar-refractivity contribution in [2.45, 2.75) is 19.4 Å². The fraction of sp³-hybridized carbons (Fsp3) is 0.650. The number of carbonyl (C=O) groups is 1. The molecule has 7 nitrogen and oxygen atoms in total. The Labute approximate surface area is 160 Å². The number of rotatable bonds is 8. The molecule has 0 saturated carbocycles. The minimum atomic E-state index is -0.103. The molecule has 150 valence electrons. The summed E-state index contributed by atoms with van der Waals surface area (Å²) in [6.45, 7) is 7.90. The molecule has 7 heteroatoms. The fourth-order valence-corrected chi connectivity index (χ4v) is 3.74. The van der Waals surface area contributed by atoms with Crippen molar-refractivity contribution in [3.63, 3.8) is 0 Å². The second-order valence-electron chi connectivity index (χ2n) is 6.85. The Bertz CT molecular complexity index is 612. The van der Waals surface area contributed by atoms with E-state index < -0.39 is 0 Å². The predicted octanol–water partition coefficient (Wildman–Crippen LogP) is 1.56. The zero-order chi connectivity index (χ0) is 19.1. The molecule has 2 saturated heterocycles. The first-order valence-corrected chi connectivity index (χ1v) is 9.71. The monoisotopic (exact) mass is 378 g/mol.